The fourth-order valence-electron chi connectivity index (χ4n) is 2.45. The first-order chi connectivity index (χ1) is 13.8. The second kappa shape index (κ2) is 8.34. The molecule has 4 N–H and O–H groups in total. The van der Waals surface area contributed by atoms with E-state index in [2.05, 4.69) is 15.4 Å². The summed E-state index contributed by atoms with van der Waals surface area (Å²) < 4.78 is 44.7. The molecule has 0 heterocycles. The van der Waals surface area contributed by atoms with E-state index in [1.54, 1.807) is 30.3 Å². The van der Waals surface area contributed by atoms with E-state index < -0.39 is 29.6 Å². The molecule has 3 aromatic carbocycles. The van der Waals surface area contributed by atoms with Gasteiger partial charge in [0.2, 0.25) is 0 Å². The van der Waals surface area contributed by atoms with Gasteiger partial charge in [-0.15, -0.1) is 0 Å². The molecule has 0 atom stereocenters. The Balaban J connectivity index is 1.73. The minimum Gasteiger partial charge on any atom is -0.397 e. The molecule has 0 bridgehead atoms. The number of halogens is 3. The number of nitrogens with two attached hydrogens (primary N) is 1. The molecule has 0 spiro atoms. The highest BCUT2D eigenvalue weighted by Crippen LogP contribution is 2.29. The number of ether oxygens (including phenoxy) is 1. The predicted molar refractivity (Wildman–Crippen MR) is 102 cm³/mol. The number of nitrogen functional groups attached to an aromatic ring is 1. The van der Waals surface area contributed by atoms with Crippen LogP contribution in [-0.2, 0) is 4.74 Å². The summed E-state index contributed by atoms with van der Waals surface area (Å²) in [6.07, 6.45) is -2.15. The zero-order valence-corrected chi connectivity index (χ0v) is 14.7. The monoisotopic (exact) mass is 401 g/mol. The molecule has 0 unspecified atom stereocenters. The Labute approximate surface area is 163 Å². The van der Waals surface area contributed by atoms with Gasteiger partial charge < -0.3 is 10.5 Å². The van der Waals surface area contributed by atoms with Crippen LogP contribution in [0.15, 0.2) is 60.7 Å². The van der Waals surface area contributed by atoms with Crippen LogP contribution < -0.4 is 16.4 Å². The molecule has 0 aliphatic rings. The van der Waals surface area contributed by atoms with Gasteiger partial charge in [0, 0.05) is 5.69 Å². The van der Waals surface area contributed by atoms with Crippen molar-refractivity contribution in [2.75, 3.05) is 16.4 Å². The molecule has 6 nitrogen and oxygen atoms in total. The number of carbonyl (C=O) groups excluding carboxylic acids is 2. The highest BCUT2D eigenvalue weighted by Gasteiger charge is 2.15. The van der Waals surface area contributed by atoms with Crippen LogP contribution in [-0.4, -0.2) is 12.2 Å². The number of anilines is 3. The van der Waals surface area contributed by atoms with E-state index in [-0.39, 0.29) is 22.5 Å². The van der Waals surface area contributed by atoms with E-state index >= 15 is 0 Å². The largest absolute Gasteiger partial charge is 0.420 e. The molecule has 0 aromatic heterocycles. The highest BCUT2D eigenvalue weighted by molar-refractivity contribution is 5.99. The highest BCUT2D eigenvalue weighted by atomic mass is 19.2. The lowest BCUT2D eigenvalue weighted by molar-refractivity contribution is 0.170. The van der Waals surface area contributed by atoms with Gasteiger partial charge >= 0.3 is 12.2 Å². The van der Waals surface area contributed by atoms with Gasteiger partial charge in [0.25, 0.3) is 0 Å². The van der Waals surface area contributed by atoms with Crippen LogP contribution in [0.2, 0.25) is 0 Å². The summed E-state index contributed by atoms with van der Waals surface area (Å²) in [6, 6.07) is 14.0. The van der Waals surface area contributed by atoms with E-state index in [0.717, 1.165) is 12.1 Å². The summed E-state index contributed by atoms with van der Waals surface area (Å²) in [6.45, 7) is 0. The number of hydrogen-bond donors (Lipinski definition) is 3. The van der Waals surface area contributed by atoms with Crippen LogP contribution >= 0.6 is 0 Å². The molecule has 9 heteroatoms. The van der Waals surface area contributed by atoms with E-state index in [1.807, 2.05) is 0 Å². The molecule has 3 rings (SSSR count). The van der Waals surface area contributed by atoms with Crippen molar-refractivity contribution in [2.45, 2.75) is 0 Å². The molecule has 0 aliphatic heterocycles. The van der Waals surface area contributed by atoms with Gasteiger partial charge in [0.1, 0.15) is 0 Å². The van der Waals surface area contributed by atoms with Crippen molar-refractivity contribution in [1.82, 2.24) is 0 Å². The molecule has 2 amide bonds. The van der Waals surface area contributed by atoms with E-state index in [9.17, 15) is 22.8 Å². The fraction of sp³-hybridized carbons (Fsp3) is 0. The molecule has 0 fully saturated rings. The number of para-hydroxylation sites is 1. The third-order valence-electron chi connectivity index (χ3n) is 3.81. The van der Waals surface area contributed by atoms with Crippen molar-refractivity contribution in [3.63, 3.8) is 0 Å². The third-order valence-corrected chi connectivity index (χ3v) is 3.81. The van der Waals surface area contributed by atoms with Gasteiger partial charge in [-0.3, -0.25) is 10.6 Å². The summed E-state index contributed by atoms with van der Waals surface area (Å²) >= 11 is 0. The summed E-state index contributed by atoms with van der Waals surface area (Å²) in [5, 5.41) is 4.63. The molecule has 148 valence electrons. The summed E-state index contributed by atoms with van der Waals surface area (Å²) in [7, 11) is 0. The van der Waals surface area contributed by atoms with Gasteiger partial charge in [-0.1, -0.05) is 24.3 Å². The average molecular weight is 401 g/mol. The van der Waals surface area contributed by atoms with Crippen molar-refractivity contribution in [3.05, 3.63) is 78.1 Å². The molecule has 0 aliphatic carbocycles. The minimum absolute atomic E-state index is 0.0274. The molecule has 0 radical (unpaired) electrons. The topological polar surface area (TPSA) is 93.4 Å². The summed E-state index contributed by atoms with van der Waals surface area (Å²) in [4.78, 5) is 23.7. The Kier molecular flexibility index (Phi) is 5.68. The number of carbonyl (C=O) groups is 2. The standard InChI is InChI=1S/C20H14F3N3O3/c21-14-8-12(9-15(22)18(14)23)11-6-7-16(24)17(10-11)26-20(28)29-19(27)25-13-4-2-1-3-5-13/h1-10H,24H2,(H,25,27)(H,26,28). The van der Waals surface area contributed by atoms with Crippen molar-refractivity contribution < 1.29 is 27.5 Å². The molecule has 0 saturated carbocycles. The zero-order valence-electron chi connectivity index (χ0n) is 14.7. The molecule has 0 saturated heterocycles. The number of benzene rings is 3. The minimum atomic E-state index is -1.59. The first-order valence-corrected chi connectivity index (χ1v) is 8.23. The lowest BCUT2D eigenvalue weighted by Gasteiger charge is -2.11. The number of rotatable bonds is 3. The quantitative estimate of drug-likeness (QED) is 0.322. The van der Waals surface area contributed by atoms with Gasteiger partial charge in [0.05, 0.1) is 11.4 Å². The smallest absolute Gasteiger partial charge is 0.397 e. The Morgan fingerprint density at radius 3 is 2.07 bits per heavy atom. The second-order valence-electron chi connectivity index (χ2n) is 5.85. The Morgan fingerprint density at radius 1 is 0.793 bits per heavy atom. The Morgan fingerprint density at radius 2 is 1.41 bits per heavy atom. The summed E-state index contributed by atoms with van der Waals surface area (Å²) in [5.74, 6) is -4.30. The van der Waals surface area contributed by atoms with E-state index in [1.165, 1.54) is 18.2 Å². The fourth-order valence-corrected chi connectivity index (χ4v) is 2.45. The van der Waals surface area contributed by atoms with Crippen LogP contribution in [0.5, 0.6) is 0 Å². The van der Waals surface area contributed by atoms with Crippen molar-refractivity contribution >= 4 is 29.2 Å². The van der Waals surface area contributed by atoms with Gasteiger partial charge in [-0.25, -0.2) is 22.8 Å². The maximum Gasteiger partial charge on any atom is 0.420 e. The molecule has 29 heavy (non-hydrogen) atoms. The molecule has 3 aromatic rings. The first-order valence-electron chi connectivity index (χ1n) is 8.23. The number of amides is 2. The van der Waals surface area contributed by atoms with Gasteiger partial charge in [-0.05, 0) is 47.5 Å². The van der Waals surface area contributed by atoms with Gasteiger partial charge in [-0.2, -0.15) is 0 Å². The van der Waals surface area contributed by atoms with Crippen LogP contribution in [0.1, 0.15) is 0 Å². The van der Waals surface area contributed by atoms with Crippen LogP contribution in [0.3, 0.4) is 0 Å². The third kappa shape index (κ3) is 4.83. The SMILES string of the molecule is Nc1ccc(-c2cc(F)c(F)c(F)c2)cc1NC(=O)OC(=O)Nc1ccccc1. The van der Waals surface area contributed by atoms with E-state index in [0.29, 0.717) is 5.69 Å². The maximum atomic E-state index is 13.5. The Hall–Kier alpha value is -4.01. The first kappa shape index (κ1) is 19.7. The number of nitrogens with one attached hydrogen (secondary N) is 2. The number of hydrogen-bond acceptors (Lipinski definition) is 4. The van der Waals surface area contributed by atoms with Crippen molar-refractivity contribution in [1.29, 1.82) is 0 Å². The second-order valence-corrected chi connectivity index (χ2v) is 5.85. The van der Waals surface area contributed by atoms with Crippen LogP contribution in [0.25, 0.3) is 11.1 Å². The lowest BCUT2D eigenvalue weighted by Crippen LogP contribution is -2.22. The predicted octanol–water partition coefficient (Wildman–Crippen LogP) is 5.13. The zero-order chi connectivity index (χ0) is 21.0. The average Bonchev–Trinajstić information content (AvgIpc) is 2.68. The summed E-state index contributed by atoms with van der Waals surface area (Å²) in [5.41, 5.74) is 6.62. The van der Waals surface area contributed by atoms with Gasteiger partial charge in [0.15, 0.2) is 17.5 Å². The Bertz CT molecular complexity index is 1050. The van der Waals surface area contributed by atoms with Crippen LogP contribution in [0.4, 0.5) is 39.8 Å². The van der Waals surface area contributed by atoms with Crippen molar-refractivity contribution in [3.8, 4) is 11.1 Å². The van der Waals surface area contributed by atoms with E-state index in [4.69, 9.17) is 5.73 Å². The molecular formula is C20H14F3N3O3. The van der Waals surface area contributed by atoms with Crippen molar-refractivity contribution in [2.24, 2.45) is 0 Å². The maximum absolute atomic E-state index is 13.5. The van der Waals surface area contributed by atoms with Crippen LogP contribution in [0, 0.1) is 17.5 Å². The molecular weight excluding hydrogens is 387 g/mol. The normalized spacial score (nSPS) is 10.3. The lowest BCUT2D eigenvalue weighted by atomic mass is 10.0.